The Hall–Kier alpha value is -3.65. The number of aliphatic imine (C=N–C) groups is 1. The van der Waals surface area contributed by atoms with E-state index < -0.39 is 5.54 Å². The summed E-state index contributed by atoms with van der Waals surface area (Å²) < 4.78 is 0. The lowest BCUT2D eigenvalue weighted by atomic mass is 9.77. The lowest BCUT2D eigenvalue weighted by molar-refractivity contribution is 0.474. The van der Waals surface area contributed by atoms with Crippen LogP contribution in [0.5, 0.6) is 5.75 Å². The predicted molar refractivity (Wildman–Crippen MR) is 115 cm³/mol. The summed E-state index contributed by atoms with van der Waals surface area (Å²) in [6, 6.07) is 38.1. The first kappa shape index (κ1) is 17.7. The molecule has 1 N–H and O–H groups in total. The van der Waals surface area contributed by atoms with Crippen LogP contribution in [0.25, 0.3) is 0 Å². The zero-order valence-electron chi connectivity index (χ0n) is 15.4. The molecule has 0 fully saturated rings. The van der Waals surface area contributed by atoms with E-state index in [9.17, 15) is 5.11 Å². The highest BCUT2D eigenvalue weighted by Gasteiger charge is 2.35. The summed E-state index contributed by atoms with van der Waals surface area (Å²) in [5, 5.41) is 10.2. The Bertz CT molecular complexity index is 960. The largest absolute Gasteiger partial charge is 0.507 e. The maximum Gasteiger partial charge on any atom is 0.136 e. The molecule has 0 unspecified atom stereocenters. The van der Waals surface area contributed by atoms with Crippen LogP contribution in [0.15, 0.2) is 120 Å². The Morgan fingerprint density at radius 3 is 1.36 bits per heavy atom. The van der Waals surface area contributed by atoms with Crippen molar-refractivity contribution in [2.45, 2.75) is 5.54 Å². The van der Waals surface area contributed by atoms with Gasteiger partial charge in [0.25, 0.3) is 0 Å². The van der Waals surface area contributed by atoms with Crippen molar-refractivity contribution in [3.05, 3.63) is 138 Å². The van der Waals surface area contributed by atoms with E-state index in [1.165, 1.54) is 0 Å². The highest BCUT2D eigenvalue weighted by molar-refractivity contribution is 5.84. The van der Waals surface area contributed by atoms with E-state index in [1.807, 2.05) is 72.8 Å². The molecule has 2 heteroatoms. The molecule has 0 aliphatic heterocycles. The molecule has 136 valence electrons. The van der Waals surface area contributed by atoms with Crippen molar-refractivity contribution in [2.75, 3.05) is 0 Å². The Labute approximate surface area is 165 Å². The van der Waals surface area contributed by atoms with E-state index >= 15 is 0 Å². The second-order valence-electron chi connectivity index (χ2n) is 6.63. The molecular weight excluding hydrogens is 342 g/mol. The average molecular weight is 363 g/mol. The van der Waals surface area contributed by atoms with Gasteiger partial charge < -0.3 is 5.11 Å². The van der Waals surface area contributed by atoms with Crippen molar-refractivity contribution in [3.63, 3.8) is 0 Å². The van der Waals surface area contributed by atoms with Gasteiger partial charge in [-0.1, -0.05) is 103 Å². The second kappa shape index (κ2) is 7.93. The average Bonchev–Trinajstić information content (AvgIpc) is 2.78. The summed E-state index contributed by atoms with van der Waals surface area (Å²) in [5.74, 6) is 0.217. The number of rotatable bonds is 5. The molecule has 0 saturated carbocycles. The number of phenolic OH excluding ortho intramolecular Hbond substituents is 1. The van der Waals surface area contributed by atoms with Gasteiger partial charge in [-0.2, -0.15) is 0 Å². The SMILES string of the molecule is Oc1ccccc1C=NC(c1ccccc1)(c1ccccc1)c1ccccc1. The number of hydrogen-bond donors (Lipinski definition) is 1. The molecule has 0 bridgehead atoms. The molecule has 2 nitrogen and oxygen atoms in total. The minimum atomic E-state index is -0.716. The first-order valence-corrected chi connectivity index (χ1v) is 9.30. The molecule has 4 rings (SSSR count). The Balaban J connectivity index is 2.00. The minimum Gasteiger partial charge on any atom is -0.507 e. The van der Waals surface area contributed by atoms with E-state index in [0.717, 1.165) is 16.7 Å². The Morgan fingerprint density at radius 2 is 0.929 bits per heavy atom. The van der Waals surface area contributed by atoms with Gasteiger partial charge in [0.15, 0.2) is 0 Å². The van der Waals surface area contributed by atoms with Crippen LogP contribution in [0.1, 0.15) is 22.3 Å². The number of para-hydroxylation sites is 1. The van der Waals surface area contributed by atoms with Gasteiger partial charge in [-0.05, 0) is 28.8 Å². The van der Waals surface area contributed by atoms with E-state index in [1.54, 1.807) is 12.3 Å². The van der Waals surface area contributed by atoms with Crippen molar-refractivity contribution in [1.29, 1.82) is 0 Å². The maximum atomic E-state index is 10.2. The first-order valence-electron chi connectivity index (χ1n) is 9.30. The zero-order valence-corrected chi connectivity index (χ0v) is 15.4. The van der Waals surface area contributed by atoms with Crippen LogP contribution < -0.4 is 0 Å². The lowest BCUT2D eigenvalue weighted by Crippen LogP contribution is -2.27. The molecule has 0 saturated heterocycles. The highest BCUT2D eigenvalue weighted by Crippen LogP contribution is 2.40. The van der Waals surface area contributed by atoms with E-state index in [2.05, 4.69) is 36.4 Å². The van der Waals surface area contributed by atoms with E-state index in [0.29, 0.717) is 5.56 Å². The fourth-order valence-corrected chi connectivity index (χ4v) is 3.52. The molecule has 0 atom stereocenters. The fraction of sp³-hybridized carbons (Fsp3) is 0.0385. The van der Waals surface area contributed by atoms with Gasteiger partial charge >= 0.3 is 0 Å². The van der Waals surface area contributed by atoms with Gasteiger partial charge in [0.05, 0.1) is 0 Å². The van der Waals surface area contributed by atoms with E-state index in [-0.39, 0.29) is 5.75 Å². The molecule has 4 aromatic carbocycles. The number of nitrogens with zero attached hydrogens (tertiary/aromatic N) is 1. The van der Waals surface area contributed by atoms with Crippen molar-refractivity contribution in [1.82, 2.24) is 0 Å². The van der Waals surface area contributed by atoms with Gasteiger partial charge in [-0.3, -0.25) is 4.99 Å². The molecule has 0 aromatic heterocycles. The number of aromatic hydroxyl groups is 1. The first-order chi connectivity index (χ1) is 13.8. The summed E-state index contributed by atoms with van der Waals surface area (Å²) in [4.78, 5) is 5.11. The number of benzene rings is 4. The van der Waals surface area contributed by atoms with Crippen LogP contribution >= 0.6 is 0 Å². The number of hydrogen-bond acceptors (Lipinski definition) is 2. The minimum absolute atomic E-state index is 0.217. The predicted octanol–water partition coefficient (Wildman–Crippen LogP) is 5.80. The monoisotopic (exact) mass is 363 g/mol. The van der Waals surface area contributed by atoms with Crippen LogP contribution in [0, 0.1) is 0 Å². The fourth-order valence-electron chi connectivity index (χ4n) is 3.52. The molecule has 4 aromatic rings. The van der Waals surface area contributed by atoms with E-state index in [4.69, 9.17) is 4.99 Å². The molecular formula is C26H21NO. The molecule has 0 amide bonds. The highest BCUT2D eigenvalue weighted by atomic mass is 16.3. The second-order valence-corrected chi connectivity index (χ2v) is 6.63. The summed E-state index contributed by atoms with van der Waals surface area (Å²) in [7, 11) is 0. The summed E-state index contributed by atoms with van der Waals surface area (Å²) >= 11 is 0. The Kier molecular flexibility index (Phi) is 5.03. The third-order valence-electron chi connectivity index (χ3n) is 4.91. The molecule has 28 heavy (non-hydrogen) atoms. The van der Waals surface area contributed by atoms with Crippen molar-refractivity contribution < 1.29 is 5.11 Å². The van der Waals surface area contributed by atoms with Gasteiger partial charge in [-0.15, -0.1) is 0 Å². The molecule has 0 aliphatic carbocycles. The lowest BCUT2D eigenvalue weighted by Gasteiger charge is -2.32. The van der Waals surface area contributed by atoms with Crippen LogP contribution in [-0.2, 0) is 5.54 Å². The van der Waals surface area contributed by atoms with Crippen LogP contribution in [0.3, 0.4) is 0 Å². The molecule has 0 radical (unpaired) electrons. The molecule has 0 spiro atoms. The van der Waals surface area contributed by atoms with Crippen molar-refractivity contribution >= 4 is 6.21 Å². The maximum absolute atomic E-state index is 10.2. The quantitative estimate of drug-likeness (QED) is 0.352. The topological polar surface area (TPSA) is 32.6 Å². The number of phenols is 1. The third-order valence-corrected chi connectivity index (χ3v) is 4.91. The zero-order chi connectivity index (χ0) is 19.2. The van der Waals surface area contributed by atoms with Crippen LogP contribution in [0.2, 0.25) is 0 Å². The van der Waals surface area contributed by atoms with Crippen LogP contribution in [-0.4, -0.2) is 11.3 Å². The standard InChI is InChI=1S/C26H21NO/c28-25-19-11-10-12-21(25)20-27-26(22-13-4-1-5-14-22,23-15-6-2-7-16-23)24-17-8-3-9-18-24/h1-20,28H. The van der Waals surface area contributed by atoms with Crippen LogP contribution in [0.4, 0.5) is 0 Å². The van der Waals surface area contributed by atoms with Gasteiger partial charge in [0.2, 0.25) is 0 Å². The summed E-state index contributed by atoms with van der Waals surface area (Å²) in [6.45, 7) is 0. The normalized spacial score (nSPS) is 11.6. The van der Waals surface area contributed by atoms with Crippen molar-refractivity contribution in [2.24, 2.45) is 4.99 Å². The molecule has 0 aliphatic rings. The third kappa shape index (κ3) is 3.33. The smallest absolute Gasteiger partial charge is 0.136 e. The van der Waals surface area contributed by atoms with Gasteiger partial charge in [0, 0.05) is 11.8 Å². The summed E-state index contributed by atoms with van der Waals surface area (Å²) in [5.41, 5.74) is 3.18. The Morgan fingerprint density at radius 1 is 0.536 bits per heavy atom. The van der Waals surface area contributed by atoms with Gasteiger partial charge in [-0.25, -0.2) is 0 Å². The van der Waals surface area contributed by atoms with Crippen molar-refractivity contribution in [3.8, 4) is 5.75 Å². The van der Waals surface area contributed by atoms with Gasteiger partial charge in [0.1, 0.15) is 11.3 Å². The summed E-state index contributed by atoms with van der Waals surface area (Å²) in [6.07, 6.45) is 1.77. The molecule has 0 heterocycles.